The molecule has 1 aliphatic heterocycles. The molecule has 224 valence electrons. The lowest BCUT2D eigenvalue weighted by Crippen LogP contribution is -2.41. The Morgan fingerprint density at radius 2 is 0.978 bits per heavy atom. The third-order valence-corrected chi connectivity index (χ3v) is 10.4. The second-order valence-corrected chi connectivity index (χ2v) is 13.8. The molecular formula is C39H32BN3O2S. The Morgan fingerprint density at radius 3 is 1.54 bits per heavy atom. The van der Waals surface area contributed by atoms with Gasteiger partial charge in [-0.1, -0.05) is 115 Å². The maximum absolute atomic E-state index is 6.68. The predicted molar refractivity (Wildman–Crippen MR) is 190 cm³/mol. The van der Waals surface area contributed by atoms with Gasteiger partial charge in [-0.2, -0.15) is 0 Å². The van der Waals surface area contributed by atoms with Gasteiger partial charge in [0.15, 0.2) is 17.5 Å². The van der Waals surface area contributed by atoms with Crippen molar-refractivity contribution in [1.29, 1.82) is 0 Å². The summed E-state index contributed by atoms with van der Waals surface area (Å²) < 4.78 is 15.8. The molecule has 7 aromatic rings. The van der Waals surface area contributed by atoms with Crippen molar-refractivity contribution in [3.8, 4) is 45.3 Å². The van der Waals surface area contributed by atoms with E-state index in [2.05, 4.69) is 88.4 Å². The van der Waals surface area contributed by atoms with Gasteiger partial charge in [0, 0.05) is 42.3 Å². The van der Waals surface area contributed by atoms with E-state index in [1.165, 1.54) is 20.2 Å². The number of hydrogen-bond acceptors (Lipinski definition) is 6. The van der Waals surface area contributed by atoms with Crippen molar-refractivity contribution in [1.82, 2.24) is 15.0 Å². The fourth-order valence-electron chi connectivity index (χ4n) is 5.99. The van der Waals surface area contributed by atoms with E-state index in [1.54, 1.807) is 11.3 Å². The molecule has 3 heterocycles. The quantitative estimate of drug-likeness (QED) is 0.180. The van der Waals surface area contributed by atoms with Crippen LogP contribution in [-0.2, 0) is 9.31 Å². The van der Waals surface area contributed by atoms with Crippen LogP contribution in [-0.4, -0.2) is 33.3 Å². The van der Waals surface area contributed by atoms with Crippen LogP contribution in [0.5, 0.6) is 0 Å². The molecule has 1 saturated heterocycles. The van der Waals surface area contributed by atoms with Crippen LogP contribution in [0.2, 0.25) is 0 Å². The van der Waals surface area contributed by atoms with Gasteiger partial charge in [0.2, 0.25) is 0 Å². The molecule has 5 nitrogen and oxygen atoms in total. The molecule has 0 aliphatic carbocycles. The zero-order chi connectivity index (χ0) is 31.5. The molecule has 0 radical (unpaired) electrons. The summed E-state index contributed by atoms with van der Waals surface area (Å²) in [5.41, 5.74) is 5.14. The van der Waals surface area contributed by atoms with E-state index in [1.807, 2.05) is 60.7 Å². The number of nitrogens with zero attached hydrogens (tertiary/aromatic N) is 3. The topological polar surface area (TPSA) is 57.1 Å². The summed E-state index contributed by atoms with van der Waals surface area (Å²) >= 11 is 1.80. The molecule has 46 heavy (non-hydrogen) atoms. The van der Waals surface area contributed by atoms with E-state index >= 15 is 0 Å². The van der Waals surface area contributed by atoms with Crippen molar-refractivity contribution in [3.05, 3.63) is 121 Å². The molecule has 0 unspecified atom stereocenters. The summed E-state index contributed by atoms with van der Waals surface area (Å²) in [7, 11) is -0.498. The van der Waals surface area contributed by atoms with E-state index in [0.717, 1.165) is 33.3 Å². The Balaban J connectivity index is 1.25. The van der Waals surface area contributed by atoms with Gasteiger partial charge in [-0.3, -0.25) is 0 Å². The summed E-state index contributed by atoms with van der Waals surface area (Å²) in [6.07, 6.45) is 0. The van der Waals surface area contributed by atoms with Gasteiger partial charge < -0.3 is 9.31 Å². The SMILES string of the molecule is CC1(C)OB(c2c(-c3ccc(-c4nc(-c5ccccc5)nc(-c5ccccc5)n4)cc3)ccc3c2sc2ccccc23)OC1(C)C. The Kier molecular flexibility index (Phi) is 6.87. The van der Waals surface area contributed by atoms with Crippen LogP contribution < -0.4 is 5.46 Å². The summed E-state index contributed by atoms with van der Waals surface area (Å²) in [5, 5.41) is 2.47. The van der Waals surface area contributed by atoms with Gasteiger partial charge in [0.05, 0.1) is 11.2 Å². The number of benzene rings is 5. The van der Waals surface area contributed by atoms with Crippen LogP contribution in [0.1, 0.15) is 27.7 Å². The minimum Gasteiger partial charge on any atom is -0.399 e. The number of aromatic nitrogens is 3. The predicted octanol–water partition coefficient (Wildman–Crippen LogP) is 9.21. The van der Waals surface area contributed by atoms with E-state index < -0.39 is 18.3 Å². The molecule has 7 heteroatoms. The molecule has 0 spiro atoms. The number of rotatable bonds is 5. The first-order valence-corrected chi connectivity index (χ1v) is 16.4. The highest BCUT2D eigenvalue weighted by Gasteiger charge is 2.53. The second-order valence-electron chi connectivity index (χ2n) is 12.7. The Hall–Kier alpha value is -4.69. The van der Waals surface area contributed by atoms with Crippen molar-refractivity contribution in [3.63, 3.8) is 0 Å². The molecule has 0 atom stereocenters. The minimum absolute atomic E-state index is 0.455. The number of hydrogen-bond donors (Lipinski definition) is 0. The van der Waals surface area contributed by atoms with Gasteiger partial charge in [0.1, 0.15) is 0 Å². The van der Waals surface area contributed by atoms with Gasteiger partial charge >= 0.3 is 7.12 Å². The monoisotopic (exact) mass is 617 g/mol. The smallest absolute Gasteiger partial charge is 0.399 e. The number of thiophene rings is 1. The summed E-state index contributed by atoms with van der Waals surface area (Å²) in [6, 6.07) is 41.6. The Bertz CT molecular complexity index is 2140. The fraction of sp³-hybridized carbons (Fsp3) is 0.154. The third kappa shape index (κ3) is 4.92. The van der Waals surface area contributed by atoms with Crippen LogP contribution in [0.3, 0.4) is 0 Å². The lowest BCUT2D eigenvalue weighted by molar-refractivity contribution is 0.00578. The lowest BCUT2D eigenvalue weighted by Gasteiger charge is -2.32. The highest BCUT2D eigenvalue weighted by molar-refractivity contribution is 7.27. The van der Waals surface area contributed by atoms with Crippen molar-refractivity contribution in [2.75, 3.05) is 0 Å². The summed E-state index contributed by atoms with van der Waals surface area (Å²) in [5.74, 6) is 1.92. The van der Waals surface area contributed by atoms with E-state index in [0.29, 0.717) is 17.5 Å². The maximum Gasteiger partial charge on any atom is 0.496 e. The van der Waals surface area contributed by atoms with E-state index in [9.17, 15) is 0 Å². The average Bonchev–Trinajstić information content (AvgIpc) is 3.57. The van der Waals surface area contributed by atoms with Crippen molar-refractivity contribution in [2.24, 2.45) is 0 Å². The van der Waals surface area contributed by atoms with Gasteiger partial charge in [-0.15, -0.1) is 11.3 Å². The molecule has 8 rings (SSSR count). The van der Waals surface area contributed by atoms with Crippen LogP contribution in [0.25, 0.3) is 65.5 Å². The molecule has 0 saturated carbocycles. The van der Waals surface area contributed by atoms with Crippen LogP contribution in [0, 0.1) is 0 Å². The molecule has 0 bridgehead atoms. The summed E-state index contributed by atoms with van der Waals surface area (Å²) in [6.45, 7) is 8.42. The van der Waals surface area contributed by atoms with Crippen molar-refractivity contribution in [2.45, 2.75) is 38.9 Å². The third-order valence-electron chi connectivity index (χ3n) is 9.23. The van der Waals surface area contributed by atoms with Crippen LogP contribution in [0.4, 0.5) is 0 Å². The largest absolute Gasteiger partial charge is 0.496 e. The molecule has 0 N–H and O–H groups in total. The molecule has 1 fully saturated rings. The lowest BCUT2D eigenvalue weighted by atomic mass is 9.73. The van der Waals surface area contributed by atoms with Crippen LogP contribution >= 0.6 is 11.3 Å². The highest BCUT2D eigenvalue weighted by Crippen LogP contribution is 2.41. The van der Waals surface area contributed by atoms with Crippen molar-refractivity contribution < 1.29 is 9.31 Å². The van der Waals surface area contributed by atoms with Crippen molar-refractivity contribution >= 4 is 44.1 Å². The van der Waals surface area contributed by atoms with E-state index in [-0.39, 0.29) is 0 Å². The maximum atomic E-state index is 6.68. The zero-order valence-electron chi connectivity index (χ0n) is 26.2. The molecular weight excluding hydrogens is 585 g/mol. The normalized spacial score (nSPS) is 15.5. The van der Waals surface area contributed by atoms with Crippen LogP contribution in [0.15, 0.2) is 121 Å². The molecule has 2 aromatic heterocycles. The first kappa shape index (κ1) is 28.8. The average molecular weight is 618 g/mol. The number of fused-ring (bicyclic) bond motifs is 3. The second kappa shape index (κ2) is 11.0. The molecule has 1 aliphatic rings. The van der Waals surface area contributed by atoms with E-state index in [4.69, 9.17) is 24.3 Å². The van der Waals surface area contributed by atoms with Gasteiger partial charge in [-0.05, 0) is 44.9 Å². The zero-order valence-corrected chi connectivity index (χ0v) is 27.0. The fourth-order valence-corrected chi connectivity index (χ4v) is 7.25. The van der Waals surface area contributed by atoms with Gasteiger partial charge in [-0.25, -0.2) is 15.0 Å². The minimum atomic E-state index is -0.498. The molecule has 0 amide bonds. The molecule has 5 aromatic carbocycles. The first-order chi connectivity index (χ1) is 22.3. The highest BCUT2D eigenvalue weighted by atomic mass is 32.1. The summed E-state index contributed by atoms with van der Waals surface area (Å²) in [4.78, 5) is 14.7. The Labute approximate surface area is 273 Å². The van der Waals surface area contributed by atoms with Gasteiger partial charge in [0.25, 0.3) is 0 Å². The Morgan fingerprint density at radius 1 is 0.500 bits per heavy atom. The first-order valence-electron chi connectivity index (χ1n) is 15.5. The standard InChI is InChI=1S/C39H32BN3O2S/c1-38(2)39(3,4)45-40(44-38)33-29(23-24-31-30-17-11-12-18-32(30)46-34(31)33)25-19-21-28(22-20-25)37-42-35(26-13-7-5-8-14-26)41-36(43-37)27-15-9-6-10-16-27/h5-24H,1-4H3.